The molecule has 4 nitrogen and oxygen atoms in total. The Hall–Kier alpha value is -1.88. The van der Waals surface area contributed by atoms with E-state index in [0.29, 0.717) is 11.9 Å². The second kappa shape index (κ2) is 10.2. The number of nitrogens with one attached hydrogen (secondary N) is 1. The van der Waals surface area contributed by atoms with E-state index in [9.17, 15) is 4.79 Å². The van der Waals surface area contributed by atoms with Crippen LogP contribution in [0.15, 0.2) is 60.7 Å². The van der Waals surface area contributed by atoms with Crippen molar-refractivity contribution in [2.24, 2.45) is 5.92 Å². The van der Waals surface area contributed by atoms with E-state index in [4.69, 9.17) is 0 Å². The highest BCUT2D eigenvalue weighted by atomic mass is 35.5. The Kier molecular flexibility index (Phi) is 7.70. The quantitative estimate of drug-likeness (QED) is 0.829. The van der Waals surface area contributed by atoms with Crippen molar-refractivity contribution in [2.45, 2.75) is 31.8 Å². The molecule has 0 bridgehead atoms. The summed E-state index contributed by atoms with van der Waals surface area (Å²) >= 11 is 0. The van der Waals surface area contributed by atoms with E-state index in [1.54, 1.807) is 0 Å². The molecule has 0 aliphatic carbocycles. The monoisotopic (exact) mass is 413 g/mol. The van der Waals surface area contributed by atoms with Crippen LogP contribution in [0.1, 0.15) is 36.9 Å². The fourth-order valence-electron chi connectivity index (χ4n) is 4.70. The average Bonchev–Trinajstić information content (AvgIpc) is 2.75. The smallest absolute Gasteiger partial charge is 0.225 e. The predicted octanol–water partition coefficient (Wildman–Crippen LogP) is 3.73. The Balaban J connectivity index is 0.00000240. The number of piperidine rings is 1. The van der Waals surface area contributed by atoms with E-state index in [2.05, 4.69) is 82.7 Å². The first-order chi connectivity index (χ1) is 13.7. The highest BCUT2D eigenvalue weighted by Crippen LogP contribution is 2.30. The zero-order valence-electron chi connectivity index (χ0n) is 17.2. The molecule has 0 radical (unpaired) electrons. The minimum absolute atomic E-state index is 0. The van der Waals surface area contributed by atoms with Gasteiger partial charge in [-0.15, -0.1) is 12.4 Å². The van der Waals surface area contributed by atoms with Crippen LogP contribution < -0.4 is 5.32 Å². The van der Waals surface area contributed by atoms with Gasteiger partial charge in [-0.25, -0.2) is 0 Å². The number of hydrogen-bond acceptors (Lipinski definition) is 3. The Morgan fingerprint density at radius 3 is 2.00 bits per heavy atom. The number of piperazine rings is 1. The Labute approximate surface area is 180 Å². The number of rotatable bonds is 4. The van der Waals surface area contributed by atoms with Crippen molar-refractivity contribution >= 4 is 18.3 Å². The van der Waals surface area contributed by atoms with Gasteiger partial charge in [0.15, 0.2) is 0 Å². The molecule has 1 N–H and O–H groups in total. The lowest BCUT2D eigenvalue weighted by Gasteiger charge is -2.41. The summed E-state index contributed by atoms with van der Waals surface area (Å²) in [4.78, 5) is 17.6. The van der Waals surface area contributed by atoms with Crippen LogP contribution in [0.4, 0.5) is 0 Å². The number of carbonyl (C=O) groups excluding carboxylic acids is 1. The summed E-state index contributed by atoms with van der Waals surface area (Å²) < 4.78 is 0. The van der Waals surface area contributed by atoms with Crippen molar-refractivity contribution < 1.29 is 4.79 Å². The average molecular weight is 414 g/mol. The third-order valence-corrected chi connectivity index (χ3v) is 6.19. The Morgan fingerprint density at radius 2 is 1.48 bits per heavy atom. The number of benzene rings is 2. The predicted molar refractivity (Wildman–Crippen MR) is 120 cm³/mol. The van der Waals surface area contributed by atoms with Crippen molar-refractivity contribution in [1.82, 2.24) is 15.1 Å². The number of carbonyl (C=O) groups is 1. The molecule has 0 unspecified atom stereocenters. The van der Waals surface area contributed by atoms with Gasteiger partial charge in [-0.1, -0.05) is 60.7 Å². The van der Waals surface area contributed by atoms with Crippen LogP contribution in [-0.4, -0.2) is 54.5 Å². The molecule has 0 saturated carbocycles. The molecule has 1 amide bonds. The molecule has 2 saturated heterocycles. The fourth-order valence-corrected chi connectivity index (χ4v) is 4.70. The van der Waals surface area contributed by atoms with Crippen LogP contribution in [0.5, 0.6) is 0 Å². The third kappa shape index (κ3) is 5.19. The van der Waals surface area contributed by atoms with Gasteiger partial charge >= 0.3 is 0 Å². The van der Waals surface area contributed by atoms with Gasteiger partial charge in [0.25, 0.3) is 0 Å². The lowest BCUT2D eigenvalue weighted by Crippen LogP contribution is -2.52. The van der Waals surface area contributed by atoms with Gasteiger partial charge in [0, 0.05) is 38.1 Å². The first kappa shape index (κ1) is 21.8. The molecule has 2 heterocycles. The fraction of sp³-hybridized carbons (Fsp3) is 0.458. The van der Waals surface area contributed by atoms with E-state index in [0.717, 1.165) is 45.6 Å². The van der Waals surface area contributed by atoms with Crippen LogP contribution in [-0.2, 0) is 4.79 Å². The summed E-state index contributed by atoms with van der Waals surface area (Å²) in [5.74, 6) is 0.561. The summed E-state index contributed by atoms with van der Waals surface area (Å²) in [5.41, 5.74) is 2.64. The Bertz CT molecular complexity index is 723. The van der Waals surface area contributed by atoms with Gasteiger partial charge in [0.2, 0.25) is 5.91 Å². The van der Waals surface area contributed by atoms with Crippen LogP contribution in [0.25, 0.3) is 0 Å². The molecule has 2 aliphatic heterocycles. The van der Waals surface area contributed by atoms with Crippen LogP contribution in [0.2, 0.25) is 0 Å². The SMILES string of the molecule is C[C@H]1C[C@@H](C(=O)N2CCN(C(c3ccccc3)c3ccccc3)CC2)CCN1.Cl. The van der Waals surface area contributed by atoms with Crippen molar-refractivity contribution in [2.75, 3.05) is 32.7 Å². The molecule has 0 spiro atoms. The largest absolute Gasteiger partial charge is 0.340 e. The second-order valence-electron chi connectivity index (χ2n) is 8.16. The number of amides is 1. The van der Waals surface area contributed by atoms with Crippen molar-refractivity contribution in [3.05, 3.63) is 71.8 Å². The zero-order chi connectivity index (χ0) is 19.3. The van der Waals surface area contributed by atoms with Gasteiger partial charge in [0.05, 0.1) is 6.04 Å². The topological polar surface area (TPSA) is 35.6 Å². The standard InChI is InChI=1S/C24H31N3O.ClH/c1-19-18-22(12-13-25-19)24(28)27-16-14-26(15-17-27)23(20-8-4-2-5-9-20)21-10-6-3-7-11-21;/h2-11,19,22-23,25H,12-18H2,1H3;1H/t19-,22-;/m0./s1. The highest BCUT2D eigenvalue weighted by Gasteiger charge is 2.32. The minimum Gasteiger partial charge on any atom is -0.340 e. The molecule has 2 aliphatic rings. The van der Waals surface area contributed by atoms with Crippen LogP contribution >= 0.6 is 12.4 Å². The lowest BCUT2D eigenvalue weighted by molar-refractivity contribution is -0.138. The summed E-state index contributed by atoms with van der Waals surface area (Å²) in [6.45, 7) is 6.63. The Morgan fingerprint density at radius 1 is 0.931 bits per heavy atom. The maximum absolute atomic E-state index is 13.0. The third-order valence-electron chi connectivity index (χ3n) is 6.19. The summed E-state index contributed by atoms with van der Waals surface area (Å²) in [5, 5.41) is 3.45. The van der Waals surface area contributed by atoms with Crippen molar-refractivity contribution in [1.29, 1.82) is 0 Å². The van der Waals surface area contributed by atoms with E-state index in [1.165, 1.54) is 11.1 Å². The molecule has 5 heteroatoms. The van der Waals surface area contributed by atoms with Crippen LogP contribution in [0, 0.1) is 5.92 Å². The first-order valence-electron chi connectivity index (χ1n) is 10.6. The highest BCUT2D eigenvalue weighted by molar-refractivity contribution is 5.85. The lowest BCUT2D eigenvalue weighted by atomic mass is 9.91. The van der Waals surface area contributed by atoms with Gasteiger partial charge in [-0.2, -0.15) is 0 Å². The molecular weight excluding hydrogens is 382 g/mol. The molecule has 2 aromatic carbocycles. The molecule has 2 atom stereocenters. The minimum atomic E-state index is 0. The molecule has 2 aromatic rings. The zero-order valence-corrected chi connectivity index (χ0v) is 18.0. The maximum atomic E-state index is 13.0. The van der Waals surface area contributed by atoms with E-state index in [-0.39, 0.29) is 24.4 Å². The second-order valence-corrected chi connectivity index (χ2v) is 8.16. The number of halogens is 1. The first-order valence-corrected chi connectivity index (χ1v) is 10.6. The van der Waals surface area contributed by atoms with Crippen molar-refractivity contribution in [3.63, 3.8) is 0 Å². The summed E-state index contributed by atoms with van der Waals surface area (Å²) in [7, 11) is 0. The molecule has 29 heavy (non-hydrogen) atoms. The normalized spacial score (nSPS) is 22.9. The summed E-state index contributed by atoms with van der Waals surface area (Å²) in [6.07, 6.45) is 1.94. The molecule has 156 valence electrons. The van der Waals surface area contributed by atoms with E-state index >= 15 is 0 Å². The molecular formula is C24H32ClN3O. The molecule has 2 fully saturated rings. The van der Waals surface area contributed by atoms with Gasteiger partial charge in [-0.3, -0.25) is 9.69 Å². The van der Waals surface area contributed by atoms with Gasteiger partial charge in [-0.05, 0) is 37.4 Å². The van der Waals surface area contributed by atoms with Gasteiger partial charge in [0.1, 0.15) is 0 Å². The maximum Gasteiger partial charge on any atom is 0.225 e. The van der Waals surface area contributed by atoms with E-state index in [1.807, 2.05) is 0 Å². The number of nitrogens with zero attached hydrogens (tertiary/aromatic N) is 2. The number of hydrogen-bond donors (Lipinski definition) is 1. The molecule has 4 rings (SSSR count). The van der Waals surface area contributed by atoms with Gasteiger partial charge < -0.3 is 10.2 Å². The molecule has 0 aromatic heterocycles. The van der Waals surface area contributed by atoms with Crippen LogP contribution in [0.3, 0.4) is 0 Å². The van der Waals surface area contributed by atoms with E-state index < -0.39 is 0 Å². The van der Waals surface area contributed by atoms with Crippen molar-refractivity contribution in [3.8, 4) is 0 Å². The summed E-state index contributed by atoms with van der Waals surface area (Å²) in [6, 6.07) is 22.2.